The van der Waals surface area contributed by atoms with E-state index in [9.17, 15) is 14.7 Å². The molecule has 2 amide bonds. The van der Waals surface area contributed by atoms with Crippen LogP contribution in [0.2, 0.25) is 0 Å². The molecule has 1 rings (SSSR count). The van der Waals surface area contributed by atoms with Crippen molar-refractivity contribution in [2.45, 2.75) is 19.4 Å². The minimum Gasteiger partial charge on any atom is -0.465 e. The van der Waals surface area contributed by atoms with Crippen LogP contribution in [-0.4, -0.2) is 63.8 Å². The molecule has 1 saturated heterocycles. The summed E-state index contributed by atoms with van der Waals surface area (Å²) < 4.78 is 0. The van der Waals surface area contributed by atoms with E-state index >= 15 is 0 Å². The van der Waals surface area contributed by atoms with Gasteiger partial charge >= 0.3 is 6.09 Å². The second-order valence-electron chi connectivity index (χ2n) is 4.12. The van der Waals surface area contributed by atoms with Gasteiger partial charge in [-0.2, -0.15) is 0 Å². The Labute approximate surface area is 88.1 Å². The van der Waals surface area contributed by atoms with E-state index in [2.05, 4.69) is 0 Å². The first-order chi connectivity index (χ1) is 6.82. The van der Waals surface area contributed by atoms with Gasteiger partial charge in [0, 0.05) is 26.2 Å². The Morgan fingerprint density at radius 2 is 1.47 bits per heavy atom. The molecule has 0 saturated carbocycles. The number of hydrogen-bond acceptors (Lipinski definition) is 3. The number of amides is 2. The van der Waals surface area contributed by atoms with E-state index in [4.69, 9.17) is 5.11 Å². The Balaban J connectivity index is 2.51. The highest BCUT2D eigenvalue weighted by Crippen LogP contribution is 2.10. The summed E-state index contributed by atoms with van der Waals surface area (Å²) in [5.41, 5.74) is -1.38. The van der Waals surface area contributed by atoms with Gasteiger partial charge in [-0.3, -0.25) is 4.79 Å². The lowest BCUT2D eigenvalue weighted by molar-refractivity contribution is -0.149. The number of nitrogens with zero attached hydrogens (tertiary/aromatic N) is 2. The number of hydrogen-bond donors (Lipinski definition) is 2. The Kier molecular flexibility index (Phi) is 3.18. The number of aliphatic hydroxyl groups is 1. The summed E-state index contributed by atoms with van der Waals surface area (Å²) in [6, 6.07) is 0. The maximum Gasteiger partial charge on any atom is 0.407 e. The summed E-state index contributed by atoms with van der Waals surface area (Å²) in [5.74, 6) is -0.354. The van der Waals surface area contributed by atoms with Crippen molar-refractivity contribution in [2.75, 3.05) is 26.2 Å². The summed E-state index contributed by atoms with van der Waals surface area (Å²) in [6.07, 6.45) is -0.967. The van der Waals surface area contributed by atoms with Crippen molar-refractivity contribution in [3.63, 3.8) is 0 Å². The SMILES string of the molecule is CC(C)(O)C(=O)N1CCN(C(=O)O)CC1. The highest BCUT2D eigenvalue weighted by Gasteiger charge is 2.32. The van der Waals surface area contributed by atoms with E-state index in [0.717, 1.165) is 0 Å². The van der Waals surface area contributed by atoms with Crippen LogP contribution in [0.25, 0.3) is 0 Å². The zero-order valence-electron chi connectivity index (χ0n) is 8.93. The molecule has 0 atom stereocenters. The van der Waals surface area contributed by atoms with Gasteiger partial charge in [0.2, 0.25) is 0 Å². The van der Waals surface area contributed by atoms with Gasteiger partial charge in [0.05, 0.1) is 0 Å². The lowest BCUT2D eigenvalue weighted by Crippen LogP contribution is -2.54. The summed E-state index contributed by atoms with van der Waals surface area (Å²) in [6.45, 7) is 4.15. The van der Waals surface area contributed by atoms with Crippen LogP contribution < -0.4 is 0 Å². The molecule has 6 heteroatoms. The van der Waals surface area contributed by atoms with Gasteiger partial charge in [0.25, 0.3) is 5.91 Å². The monoisotopic (exact) mass is 216 g/mol. The van der Waals surface area contributed by atoms with Gasteiger partial charge in [-0.05, 0) is 13.8 Å². The number of carbonyl (C=O) groups is 2. The molecule has 0 spiro atoms. The van der Waals surface area contributed by atoms with Crippen molar-refractivity contribution in [1.29, 1.82) is 0 Å². The molecule has 0 unspecified atom stereocenters. The normalized spacial score (nSPS) is 17.8. The first kappa shape index (κ1) is 11.8. The molecule has 1 aliphatic rings. The molecule has 0 aliphatic carbocycles. The molecular weight excluding hydrogens is 200 g/mol. The third-order valence-electron chi connectivity index (χ3n) is 2.36. The van der Waals surface area contributed by atoms with Crippen LogP contribution >= 0.6 is 0 Å². The van der Waals surface area contributed by atoms with Crippen LogP contribution in [0.15, 0.2) is 0 Å². The Morgan fingerprint density at radius 1 is 1.07 bits per heavy atom. The summed E-state index contributed by atoms with van der Waals surface area (Å²) in [5, 5.41) is 18.2. The van der Waals surface area contributed by atoms with Crippen molar-refractivity contribution >= 4 is 12.0 Å². The van der Waals surface area contributed by atoms with E-state index in [-0.39, 0.29) is 5.91 Å². The Bertz CT molecular complexity index is 264. The van der Waals surface area contributed by atoms with Crippen LogP contribution in [0.3, 0.4) is 0 Å². The van der Waals surface area contributed by atoms with Crippen LogP contribution in [0.1, 0.15) is 13.8 Å². The van der Waals surface area contributed by atoms with Gasteiger partial charge in [0.1, 0.15) is 5.60 Å². The second kappa shape index (κ2) is 4.06. The van der Waals surface area contributed by atoms with E-state index in [1.165, 1.54) is 23.6 Å². The van der Waals surface area contributed by atoms with Crippen LogP contribution in [0.4, 0.5) is 4.79 Å². The fourth-order valence-electron chi connectivity index (χ4n) is 1.49. The topological polar surface area (TPSA) is 81.1 Å². The van der Waals surface area contributed by atoms with Gasteiger partial charge in [-0.1, -0.05) is 0 Å². The molecule has 6 nitrogen and oxygen atoms in total. The highest BCUT2D eigenvalue weighted by molar-refractivity contribution is 5.84. The number of rotatable bonds is 1. The summed E-state index contributed by atoms with van der Waals surface area (Å²) >= 11 is 0. The zero-order valence-corrected chi connectivity index (χ0v) is 8.93. The Morgan fingerprint density at radius 3 is 1.80 bits per heavy atom. The minimum atomic E-state index is -1.38. The van der Waals surface area contributed by atoms with E-state index < -0.39 is 11.7 Å². The average molecular weight is 216 g/mol. The van der Waals surface area contributed by atoms with Gasteiger partial charge in [0.15, 0.2) is 0 Å². The quantitative estimate of drug-likeness (QED) is 0.623. The molecule has 0 aromatic carbocycles. The van der Waals surface area contributed by atoms with Crippen LogP contribution in [0, 0.1) is 0 Å². The molecule has 1 aliphatic heterocycles. The summed E-state index contributed by atoms with van der Waals surface area (Å²) in [4.78, 5) is 25.0. The van der Waals surface area contributed by atoms with Gasteiger partial charge in [-0.15, -0.1) is 0 Å². The smallest absolute Gasteiger partial charge is 0.407 e. The lowest BCUT2D eigenvalue weighted by Gasteiger charge is -2.35. The van der Waals surface area contributed by atoms with Crippen molar-refractivity contribution in [1.82, 2.24) is 9.80 Å². The molecule has 2 N–H and O–H groups in total. The van der Waals surface area contributed by atoms with Crippen molar-refractivity contribution in [3.8, 4) is 0 Å². The molecule has 0 aromatic heterocycles. The fourth-order valence-corrected chi connectivity index (χ4v) is 1.49. The lowest BCUT2D eigenvalue weighted by atomic mass is 10.1. The van der Waals surface area contributed by atoms with Gasteiger partial charge in [-0.25, -0.2) is 4.79 Å². The second-order valence-corrected chi connectivity index (χ2v) is 4.12. The van der Waals surface area contributed by atoms with E-state index in [1.54, 1.807) is 0 Å². The zero-order chi connectivity index (χ0) is 11.6. The summed E-state index contributed by atoms with van der Waals surface area (Å²) in [7, 11) is 0. The maximum atomic E-state index is 11.6. The van der Waals surface area contributed by atoms with Crippen molar-refractivity contribution in [2.24, 2.45) is 0 Å². The predicted octanol–water partition coefficient (Wildman–Crippen LogP) is -0.421. The molecule has 0 bridgehead atoms. The fraction of sp³-hybridized carbons (Fsp3) is 0.778. The largest absolute Gasteiger partial charge is 0.465 e. The molecule has 1 heterocycles. The molecule has 86 valence electrons. The minimum absolute atomic E-state index is 0.303. The first-order valence-electron chi connectivity index (χ1n) is 4.82. The molecule has 0 aromatic rings. The standard InChI is InChI=1S/C9H16N2O4/c1-9(2,15)7(12)10-3-5-11(6-4-10)8(13)14/h15H,3-6H2,1-2H3,(H,13,14). The number of piperazine rings is 1. The third kappa shape index (κ3) is 2.82. The molecule has 0 radical (unpaired) electrons. The molecular formula is C9H16N2O4. The van der Waals surface area contributed by atoms with Crippen molar-refractivity contribution < 1.29 is 19.8 Å². The average Bonchev–Trinajstić information content (AvgIpc) is 2.15. The van der Waals surface area contributed by atoms with E-state index in [1.807, 2.05) is 0 Å². The number of carbonyl (C=O) groups excluding carboxylic acids is 1. The molecule has 15 heavy (non-hydrogen) atoms. The highest BCUT2D eigenvalue weighted by atomic mass is 16.4. The van der Waals surface area contributed by atoms with Crippen LogP contribution in [-0.2, 0) is 4.79 Å². The Hall–Kier alpha value is -1.30. The van der Waals surface area contributed by atoms with Crippen LogP contribution in [0.5, 0.6) is 0 Å². The van der Waals surface area contributed by atoms with Crippen molar-refractivity contribution in [3.05, 3.63) is 0 Å². The first-order valence-corrected chi connectivity index (χ1v) is 4.82. The molecule has 1 fully saturated rings. The number of carboxylic acid groups (broad SMARTS) is 1. The van der Waals surface area contributed by atoms with E-state index in [0.29, 0.717) is 26.2 Å². The predicted molar refractivity (Wildman–Crippen MR) is 52.5 cm³/mol. The third-order valence-corrected chi connectivity index (χ3v) is 2.36. The van der Waals surface area contributed by atoms with Gasteiger partial charge < -0.3 is 20.0 Å². The maximum absolute atomic E-state index is 11.6.